The maximum absolute atomic E-state index is 17.4. The Morgan fingerprint density at radius 3 is 2.49 bits per heavy atom. The molecule has 0 aromatic carbocycles. The highest BCUT2D eigenvalue weighted by Crippen LogP contribution is 2.71. The third-order valence-electron chi connectivity index (χ3n) is 10.3. The number of fused-ring (bicyclic) bond motifs is 5. The van der Waals surface area contributed by atoms with Gasteiger partial charge in [-0.05, 0) is 63.5 Å². The quantitative estimate of drug-likeness (QED) is 0.469. The maximum atomic E-state index is 17.4. The first kappa shape index (κ1) is 27.4. The second-order valence-electron chi connectivity index (χ2n) is 11.6. The minimum atomic E-state index is -2.17. The summed E-state index contributed by atoms with van der Waals surface area (Å²) < 4.78 is 22.2. The van der Waals surface area contributed by atoms with E-state index in [0.717, 1.165) is 12.0 Å². The molecule has 0 spiro atoms. The molecule has 0 saturated heterocycles. The van der Waals surface area contributed by atoms with Crippen molar-refractivity contribution in [2.75, 3.05) is 13.7 Å². The number of nitrogens with zero attached hydrogens (tertiary/aromatic N) is 1. The molecule has 1 amide bonds. The Morgan fingerprint density at radius 2 is 1.92 bits per heavy atom. The number of aliphatic hydroxyl groups excluding tert-OH is 2. The van der Waals surface area contributed by atoms with Crippen molar-refractivity contribution in [2.24, 2.45) is 28.6 Å². The third kappa shape index (κ3) is 3.21. The predicted octanol–water partition coefficient (Wildman–Crippen LogP) is 2.44. The van der Waals surface area contributed by atoms with Gasteiger partial charge in [0.05, 0.1) is 13.2 Å². The molecular weight excluding hydrogens is 485 g/mol. The van der Waals surface area contributed by atoms with Gasteiger partial charge in [0.2, 0.25) is 0 Å². The van der Waals surface area contributed by atoms with Crippen LogP contribution in [0.15, 0.2) is 23.8 Å². The van der Waals surface area contributed by atoms with Crippen LogP contribution in [0.2, 0.25) is 0 Å². The number of hydrogen-bond donors (Lipinski definition) is 3. The van der Waals surface area contributed by atoms with E-state index in [4.69, 9.17) is 4.74 Å². The van der Waals surface area contributed by atoms with E-state index >= 15 is 4.39 Å². The molecule has 3 unspecified atom stereocenters. The largest absolute Gasteiger partial charge is 0.467 e. The number of allylic oxidation sites excluding steroid dienone is 4. The van der Waals surface area contributed by atoms with Crippen molar-refractivity contribution in [1.82, 2.24) is 4.90 Å². The summed E-state index contributed by atoms with van der Waals surface area (Å²) in [4.78, 5) is 51.8. The lowest BCUT2D eigenvalue weighted by Gasteiger charge is -2.64. The van der Waals surface area contributed by atoms with E-state index in [1.54, 1.807) is 20.8 Å². The summed E-state index contributed by atoms with van der Waals surface area (Å²) in [5, 5.41) is 32.0. The molecule has 9 nitrogen and oxygen atoms in total. The van der Waals surface area contributed by atoms with Crippen molar-refractivity contribution in [1.29, 1.82) is 0 Å². The van der Waals surface area contributed by atoms with E-state index in [9.17, 15) is 34.5 Å². The van der Waals surface area contributed by atoms with E-state index in [0.29, 0.717) is 18.4 Å². The summed E-state index contributed by atoms with van der Waals surface area (Å²) in [6.45, 7) is 5.36. The average molecular weight is 522 g/mol. The zero-order valence-electron chi connectivity index (χ0n) is 21.9. The van der Waals surface area contributed by atoms with Gasteiger partial charge in [0, 0.05) is 16.7 Å². The Morgan fingerprint density at radius 1 is 1.27 bits per heavy atom. The summed E-state index contributed by atoms with van der Waals surface area (Å²) >= 11 is 0. The lowest BCUT2D eigenvalue weighted by molar-refractivity contribution is -0.210. The fourth-order valence-corrected chi connectivity index (χ4v) is 8.81. The van der Waals surface area contributed by atoms with Crippen LogP contribution >= 0.6 is 0 Å². The van der Waals surface area contributed by atoms with Crippen molar-refractivity contribution >= 4 is 23.6 Å². The lowest BCUT2D eigenvalue weighted by atomic mass is 9.44. The van der Waals surface area contributed by atoms with Gasteiger partial charge in [-0.3, -0.25) is 14.5 Å². The Balaban J connectivity index is 1.93. The van der Waals surface area contributed by atoms with E-state index in [-0.39, 0.29) is 18.6 Å². The molecule has 204 valence electrons. The number of amides is 1. The van der Waals surface area contributed by atoms with Crippen LogP contribution in [0.3, 0.4) is 0 Å². The number of ether oxygens (including phenoxy) is 1. The van der Waals surface area contributed by atoms with Crippen LogP contribution < -0.4 is 0 Å². The van der Waals surface area contributed by atoms with Gasteiger partial charge in [-0.15, -0.1) is 0 Å². The minimum absolute atomic E-state index is 0.236. The summed E-state index contributed by atoms with van der Waals surface area (Å²) in [6, 6.07) is -1.39. The molecule has 4 aliphatic carbocycles. The van der Waals surface area contributed by atoms with Crippen molar-refractivity contribution in [3.63, 3.8) is 0 Å². The molecule has 4 rings (SSSR count). The zero-order valence-corrected chi connectivity index (χ0v) is 21.9. The number of halogens is 1. The SMILES string of the molecule is COC(=O)[C@H](C)N(C(=O)O)[C@@]1(C(=O)CO)[C@@H](C)CC2C3CCC4=CC(=O)C=C[C@]4(C)C3(F)[C@@H](O)C[C@@]21C. The highest BCUT2D eigenvalue weighted by atomic mass is 19.1. The van der Waals surface area contributed by atoms with Crippen molar-refractivity contribution in [3.8, 4) is 0 Å². The number of carbonyl (C=O) groups excluding carboxylic acids is 3. The number of carboxylic acid groups (broad SMARTS) is 1. The number of carbonyl (C=O) groups is 4. The Bertz CT molecular complexity index is 1100. The number of aliphatic hydroxyl groups is 2. The monoisotopic (exact) mass is 521 g/mol. The zero-order chi connectivity index (χ0) is 27.7. The first-order valence-electron chi connectivity index (χ1n) is 12.7. The summed E-state index contributed by atoms with van der Waals surface area (Å²) in [5.74, 6) is -3.93. The molecule has 4 aliphatic rings. The van der Waals surface area contributed by atoms with Gasteiger partial charge in [-0.25, -0.2) is 14.0 Å². The molecule has 0 radical (unpaired) electrons. The Labute approximate surface area is 215 Å². The molecule has 10 heteroatoms. The molecule has 0 aliphatic heterocycles. The molecule has 0 heterocycles. The van der Waals surface area contributed by atoms with Crippen LogP contribution in [0.5, 0.6) is 0 Å². The number of hydrogen-bond acceptors (Lipinski definition) is 7. The van der Waals surface area contributed by atoms with Gasteiger partial charge in [0.1, 0.15) is 18.2 Å². The van der Waals surface area contributed by atoms with Gasteiger partial charge < -0.3 is 20.1 Å². The molecule has 0 aromatic rings. The molecule has 3 fully saturated rings. The van der Waals surface area contributed by atoms with Gasteiger partial charge in [0.25, 0.3) is 0 Å². The number of esters is 1. The normalized spacial score (nSPS) is 43.1. The number of Topliss-reactive ketones (excluding diaryl/α,β-unsaturated/α-hetero) is 1. The molecular formula is C27H36FNO8. The van der Waals surface area contributed by atoms with Crippen molar-refractivity contribution < 1.29 is 43.6 Å². The second kappa shape index (κ2) is 8.73. The number of methoxy groups -OCH3 is 1. The summed E-state index contributed by atoms with van der Waals surface area (Å²) in [6.07, 6.45) is 1.80. The Hall–Kier alpha value is -2.59. The molecule has 3 N–H and O–H groups in total. The number of ketones is 2. The maximum Gasteiger partial charge on any atom is 0.408 e. The fraction of sp³-hybridized carbons (Fsp3) is 0.704. The molecule has 0 aromatic heterocycles. The minimum Gasteiger partial charge on any atom is -0.467 e. The predicted molar refractivity (Wildman–Crippen MR) is 129 cm³/mol. The van der Waals surface area contributed by atoms with E-state index in [2.05, 4.69) is 0 Å². The lowest BCUT2D eigenvalue weighted by Crippen LogP contribution is -2.74. The average Bonchev–Trinajstić information content (AvgIpc) is 3.06. The second-order valence-corrected chi connectivity index (χ2v) is 11.6. The molecule has 3 saturated carbocycles. The van der Waals surface area contributed by atoms with Gasteiger partial charge in [0.15, 0.2) is 17.2 Å². The van der Waals surface area contributed by atoms with Gasteiger partial charge >= 0.3 is 12.1 Å². The van der Waals surface area contributed by atoms with Crippen LogP contribution in [-0.4, -0.2) is 80.9 Å². The molecule has 37 heavy (non-hydrogen) atoms. The molecule has 0 bridgehead atoms. The van der Waals surface area contributed by atoms with E-state index in [1.165, 1.54) is 25.2 Å². The molecule has 9 atom stereocenters. The highest BCUT2D eigenvalue weighted by Gasteiger charge is 2.78. The third-order valence-corrected chi connectivity index (χ3v) is 10.3. The van der Waals surface area contributed by atoms with Gasteiger partial charge in [-0.2, -0.15) is 0 Å². The standard InChI is InChI=1S/C27H36FNO8/c1-14-10-19-18-7-6-16-11-17(31)8-9-24(16,3)26(18,28)20(32)12-25(19,4)27(14,21(33)13-30)29(23(35)36)15(2)22(34)37-5/h8-9,11,14-15,18-20,30,32H,6-7,10,12-13H2,1-5H3,(H,35,36)/t14-,15-,18?,19?,20-,24-,25-,26?,27+/m0/s1. The van der Waals surface area contributed by atoms with Crippen LogP contribution in [0.4, 0.5) is 9.18 Å². The van der Waals surface area contributed by atoms with Crippen LogP contribution in [0.25, 0.3) is 0 Å². The topological polar surface area (TPSA) is 141 Å². The summed E-state index contributed by atoms with van der Waals surface area (Å²) in [7, 11) is 1.11. The first-order valence-corrected chi connectivity index (χ1v) is 12.7. The van der Waals surface area contributed by atoms with E-state index in [1.807, 2.05) is 0 Å². The van der Waals surface area contributed by atoms with Gasteiger partial charge in [-0.1, -0.05) is 25.5 Å². The van der Waals surface area contributed by atoms with Crippen molar-refractivity contribution in [3.05, 3.63) is 23.8 Å². The highest BCUT2D eigenvalue weighted by molar-refractivity contribution is 6.01. The number of alkyl halides is 1. The van der Waals surface area contributed by atoms with Crippen LogP contribution in [0.1, 0.15) is 53.4 Å². The first-order chi connectivity index (χ1) is 17.2. The Kier molecular flexibility index (Phi) is 6.47. The van der Waals surface area contributed by atoms with Crippen LogP contribution in [-0.2, 0) is 19.1 Å². The summed E-state index contributed by atoms with van der Waals surface area (Å²) in [5.41, 5.74) is -6.02. The van der Waals surface area contributed by atoms with E-state index < -0.39 is 76.4 Å². The van der Waals surface area contributed by atoms with Crippen molar-refractivity contribution in [2.45, 2.75) is 76.7 Å². The number of rotatable bonds is 5. The fourth-order valence-electron chi connectivity index (χ4n) is 8.81. The van der Waals surface area contributed by atoms with Crippen LogP contribution in [0, 0.1) is 28.6 Å². The smallest absolute Gasteiger partial charge is 0.408 e.